The molecule has 0 bridgehead atoms. The first-order chi connectivity index (χ1) is 14.5. The number of nitrogens with one attached hydrogen (secondary N) is 1. The van der Waals surface area contributed by atoms with E-state index in [1.54, 1.807) is 26.0 Å². The smallest absolute Gasteiger partial charge is 0.366 e. The molecule has 0 fully saturated rings. The third kappa shape index (κ3) is 4.13. The maximum atomic E-state index is 13.0. The summed E-state index contributed by atoms with van der Waals surface area (Å²) in [7, 11) is -4.14. The van der Waals surface area contributed by atoms with Gasteiger partial charge in [0.2, 0.25) is 0 Å². The number of aromatic nitrogens is 1. The summed E-state index contributed by atoms with van der Waals surface area (Å²) < 4.78 is 43.4. The summed E-state index contributed by atoms with van der Waals surface area (Å²) in [6.07, 6.45) is -0.0736. The lowest BCUT2D eigenvalue weighted by Crippen LogP contribution is -2.33. The molecular weight excluding hydrogens is 468 g/mol. The fraction of sp³-hybridized carbons (Fsp3) is 0.263. The van der Waals surface area contributed by atoms with Gasteiger partial charge in [-0.05, 0) is 48.6 Å². The molecule has 1 aliphatic rings. The summed E-state index contributed by atoms with van der Waals surface area (Å²) in [5.74, 6) is -1.74. The molecule has 164 valence electrons. The standard InChI is InChI=1S/C19H17ClN2O7S2/c1-9-6-13-14(28-19(3,24)27-13)8-11(9)7-12(23)17-15(4-5-30-17)31(25,26)22-18-16(20)10(2)21-29-18/h4-6,8,22,24H,7H2,1-3H3. The lowest BCUT2D eigenvalue weighted by molar-refractivity contribution is -0.234. The van der Waals surface area contributed by atoms with Crippen molar-refractivity contribution in [3.05, 3.63) is 50.3 Å². The number of carbonyl (C=O) groups is 1. The number of nitrogens with zero attached hydrogens (tertiary/aromatic N) is 1. The lowest BCUT2D eigenvalue weighted by atomic mass is 10.0. The lowest BCUT2D eigenvalue weighted by Gasteiger charge is -2.13. The number of hydrogen-bond acceptors (Lipinski definition) is 9. The molecule has 1 aliphatic heterocycles. The van der Waals surface area contributed by atoms with E-state index in [0.717, 1.165) is 16.9 Å². The summed E-state index contributed by atoms with van der Waals surface area (Å²) in [4.78, 5) is 12.9. The SMILES string of the molecule is Cc1cc2c(cc1CC(=O)c1sccc1S(=O)(=O)Nc1onc(C)c1Cl)OC(C)(O)O2. The van der Waals surface area contributed by atoms with E-state index in [1.165, 1.54) is 18.4 Å². The summed E-state index contributed by atoms with van der Waals surface area (Å²) in [6, 6.07) is 4.59. The number of fused-ring (bicyclic) bond motifs is 1. The molecule has 0 saturated carbocycles. The van der Waals surface area contributed by atoms with Crippen LogP contribution in [0.2, 0.25) is 5.02 Å². The first kappa shape index (κ1) is 21.6. The number of sulfonamides is 1. The zero-order valence-corrected chi connectivity index (χ0v) is 18.9. The Morgan fingerprint density at radius 3 is 2.61 bits per heavy atom. The van der Waals surface area contributed by atoms with Gasteiger partial charge in [-0.2, -0.15) is 0 Å². The number of halogens is 1. The number of hydrogen-bond donors (Lipinski definition) is 2. The van der Waals surface area contributed by atoms with E-state index in [0.29, 0.717) is 22.8 Å². The number of anilines is 1. The van der Waals surface area contributed by atoms with Crippen LogP contribution < -0.4 is 14.2 Å². The molecule has 4 rings (SSSR count). The fourth-order valence-electron chi connectivity index (χ4n) is 3.05. The Morgan fingerprint density at radius 2 is 1.97 bits per heavy atom. The number of aryl methyl sites for hydroxylation is 2. The highest BCUT2D eigenvalue weighted by Gasteiger charge is 2.35. The zero-order valence-electron chi connectivity index (χ0n) is 16.6. The Bertz CT molecular complexity index is 1290. The minimum Gasteiger partial charge on any atom is -0.426 e. The van der Waals surface area contributed by atoms with Gasteiger partial charge in [-0.1, -0.05) is 16.8 Å². The summed E-state index contributed by atoms with van der Waals surface area (Å²) in [5.41, 5.74) is 1.68. The van der Waals surface area contributed by atoms with Crippen LogP contribution in [0.3, 0.4) is 0 Å². The molecule has 9 nitrogen and oxygen atoms in total. The summed E-state index contributed by atoms with van der Waals surface area (Å²) in [6.45, 7) is 4.70. The highest BCUT2D eigenvalue weighted by atomic mass is 35.5. The first-order valence-electron chi connectivity index (χ1n) is 8.96. The minimum atomic E-state index is -4.14. The Hall–Kier alpha value is -2.60. The van der Waals surface area contributed by atoms with Crippen LogP contribution in [0.4, 0.5) is 5.88 Å². The van der Waals surface area contributed by atoms with Crippen molar-refractivity contribution in [2.24, 2.45) is 0 Å². The number of ketones is 1. The van der Waals surface area contributed by atoms with E-state index >= 15 is 0 Å². The van der Waals surface area contributed by atoms with Crippen LogP contribution >= 0.6 is 22.9 Å². The van der Waals surface area contributed by atoms with E-state index < -0.39 is 21.8 Å². The van der Waals surface area contributed by atoms with Crippen molar-refractivity contribution in [1.29, 1.82) is 0 Å². The van der Waals surface area contributed by atoms with Gasteiger partial charge in [0.25, 0.3) is 15.9 Å². The maximum Gasteiger partial charge on any atom is 0.366 e. The molecule has 1 unspecified atom stereocenters. The van der Waals surface area contributed by atoms with Crippen molar-refractivity contribution in [1.82, 2.24) is 5.16 Å². The molecule has 1 aromatic carbocycles. The number of aliphatic hydroxyl groups is 1. The van der Waals surface area contributed by atoms with Gasteiger partial charge in [-0.25, -0.2) is 13.1 Å². The molecule has 1 atom stereocenters. The number of thiophene rings is 1. The Kier molecular flexibility index (Phi) is 5.24. The Labute approximate surface area is 186 Å². The predicted octanol–water partition coefficient (Wildman–Crippen LogP) is 3.67. The van der Waals surface area contributed by atoms with E-state index in [9.17, 15) is 18.3 Å². The average molecular weight is 485 g/mol. The average Bonchev–Trinajstić information content (AvgIpc) is 3.35. The second kappa shape index (κ2) is 7.52. The van der Waals surface area contributed by atoms with E-state index in [1.807, 2.05) is 0 Å². The van der Waals surface area contributed by atoms with E-state index in [2.05, 4.69) is 9.88 Å². The van der Waals surface area contributed by atoms with Gasteiger partial charge in [0, 0.05) is 13.3 Å². The third-order valence-corrected chi connectivity index (χ3v) is 7.44. The monoisotopic (exact) mass is 484 g/mol. The van der Waals surface area contributed by atoms with Crippen LogP contribution in [-0.4, -0.2) is 30.4 Å². The van der Waals surface area contributed by atoms with Crippen LogP contribution in [0.25, 0.3) is 0 Å². The number of carbonyl (C=O) groups excluding carboxylic acids is 1. The van der Waals surface area contributed by atoms with Crippen LogP contribution in [-0.2, 0) is 16.4 Å². The van der Waals surface area contributed by atoms with Crippen LogP contribution in [0.15, 0.2) is 33.0 Å². The molecule has 0 amide bonds. The molecule has 0 saturated heterocycles. The van der Waals surface area contributed by atoms with Gasteiger partial charge in [0.15, 0.2) is 17.3 Å². The van der Waals surface area contributed by atoms with Crippen LogP contribution in [0, 0.1) is 13.8 Å². The predicted molar refractivity (Wildman–Crippen MR) is 112 cm³/mol. The van der Waals surface area contributed by atoms with Gasteiger partial charge in [0.1, 0.15) is 15.6 Å². The second-order valence-corrected chi connectivity index (χ2v) is 10.0. The highest BCUT2D eigenvalue weighted by Crippen LogP contribution is 2.40. The molecule has 3 heterocycles. The van der Waals surface area contributed by atoms with Crippen molar-refractivity contribution in [2.75, 3.05) is 4.72 Å². The molecule has 0 aliphatic carbocycles. The number of ether oxygens (including phenoxy) is 2. The summed E-state index contributed by atoms with van der Waals surface area (Å²) in [5, 5.41) is 15.1. The van der Waals surface area contributed by atoms with E-state index in [-0.39, 0.29) is 27.1 Å². The van der Waals surface area contributed by atoms with Crippen LogP contribution in [0.1, 0.15) is 33.4 Å². The highest BCUT2D eigenvalue weighted by molar-refractivity contribution is 7.93. The van der Waals surface area contributed by atoms with Crippen molar-refractivity contribution in [3.63, 3.8) is 0 Å². The van der Waals surface area contributed by atoms with Crippen molar-refractivity contribution in [3.8, 4) is 11.5 Å². The molecule has 2 aromatic heterocycles. The van der Waals surface area contributed by atoms with Crippen LogP contribution in [0.5, 0.6) is 11.5 Å². The van der Waals surface area contributed by atoms with Crippen molar-refractivity contribution in [2.45, 2.75) is 38.1 Å². The maximum absolute atomic E-state index is 13.0. The van der Waals surface area contributed by atoms with Gasteiger partial charge < -0.3 is 19.1 Å². The molecular formula is C19H17ClN2O7S2. The molecule has 31 heavy (non-hydrogen) atoms. The Morgan fingerprint density at radius 1 is 1.29 bits per heavy atom. The van der Waals surface area contributed by atoms with Crippen molar-refractivity contribution >= 4 is 44.6 Å². The number of Topliss-reactive ketones (excluding diaryl/α,β-unsaturated/α-hetero) is 1. The van der Waals surface area contributed by atoms with Gasteiger partial charge >= 0.3 is 5.97 Å². The molecule has 0 spiro atoms. The summed E-state index contributed by atoms with van der Waals surface area (Å²) >= 11 is 6.99. The number of rotatable bonds is 6. The van der Waals surface area contributed by atoms with E-state index in [4.69, 9.17) is 25.6 Å². The van der Waals surface area contributed by atoms with Gasteiger partial charge in [-0.15, -0.1) is 11.3 Å². The molecule has 12 heteroatoms. The minimum absolute atomic E-state index is 0.0403. The molecule has 2 N–H and O–H groups in total. The second-order valence-electron chi connectivity index (χ2n) is 7.06. The quantitative estimate of drug-likeness (QED) is 0.507. The number of benzene rings is 1. The normalized spacial score (nSPS) is 17.7. The van der Waals surface area contributed by atoms with Gasteiger partial charge in [-0.3, -0.25) is 4.79 Å². The van der Waals surface area contributed by atoms with Crippen molar-refractivity contribution < 1.29 is 32.3 Å². The van der Waals surface area contributed by atoms with Gasteiger partial charge in [0.05, 0.1) is 4.88 Å². The first-order valence-corrected chi connectivity index (χ1v) is 11.7. The topological polar surface area (TPSA) is 128 Å². The third-order valence-electron chi connectivity index (χ3n) is 4.54. The largest absolute Gasteiger partial charge is 0.426 e. The zero-order chi connectivity index (χ0) is 22.6. The molecule has 0 radical (unpaired) electrons. The Balaban J connectivity index is 1.60. The fourth-order valence-corrected chi connectivity index (χ4v) is 5.61. The molecule has 3 aromatic rings.